The SMILES string of the molecule is CCCC/C=C/S(=O)(=O)OC1CCCCC1. The summed E-state index contributed by atoms with van der Waals surface area (Å²) in [5.41, 5.74) is 0. The van der Waals surface area contributed by atoms with Gasteiger partial charge in [-0.1, -0.05) is 45.1 Å². The summed E-state index contributed by atoms with van der Waals surface area (Å²) in [6.45, 7) is 2.08. The van der Waals surface area contributed by atoms with Crippen LogP contribution in [-0.4, -0.2) is 14.5 Å². The van der Waals surface area contributed by atoms with E-state index in [4.69, 9.17) is 4.18 Å². The second kappa shape index (κ2) is 7.07. The molecule has 0 aromatic heterocycles. The molecule has 0 amide bonds. The predicted molar refractivity (Wildman–Crippen MR) is 65.5 cm³/mol. The summed E-state index contributed by atoms with van der Waals surface area (Å²) >= 11 is 0. The van der Waals surface area contributed by atoms with Crippen molar-refractivity contribution in [1.82, 2.24) is 0 Å². The lowest BCUT2D eigenvalue weighted by Crippen LogP contribution is -2.19. The predicted octanol–water partition coefficient (Wildman–Crippen LogP) is 3.37. The van der Waals surface area contributed by atoms with Crippen LogP contribution in [0.4, 0.5) is 0 Å². The fourth-order valence-corrected chi connectivity index (χ4v) is 2.90. The Kier molecular flexibility index (Phi) is 6.06. The largest absolute Gasteiger partial charge is 0.290 e. The summed E-state index contributed by atoms with van der Waals surface area (Å²) in [5, 5.41) is 1.22. The molecule has 94 valence electrons. The Balaban J connectivity index is 2.35. The molecule has 1 fully saturated rings. The maximum absolute atomic E-state index is 11.6. The van der Waals surface area contributed by atoms with Gasteiger partial charge in [-0.3, -0.25) is 4.18 Å². The van der Waals surface area contributed by atoms with E-state index in [-0.39, 0.29) is 6.10 Å². The fraction of sp³-hybridized carbons (Fsp3) is 0.833. The Morgan fingerprint density at radius 3 is 2.56 bits per heavy atom. The molecule has 3 nitrogen and oxygen atoms in total. The molecule has 0 spiro atoms. The van der Waals surface area contributed by atoms with Crippen molar-refractivity contribution in [3.05, 3.63) is 11.5 Å². The average Bonchev–Trinajstić information content (AvgIpc) is 2.25. The Labute approximate surface area is 99.0 Å². The lowest BCUT2D eigenvalue weighted by molar-refractivity contribution is 0.165. The highest BCUT2D eigenvalue weighted by Crippen LogP contribution is 2.22. The Hall–Kier alpha value is -0.350. The second-order valence-corrected chi connectivity index (χ2v) is 5.81. The van der Waals surface area contributed by atoms with Crippen molar-refractivity contribution in [3.8, 4) is 0 Å². The zero-order valence-corrected chi connectivity index (χ0v) is 10.8. The molecule has 1 rings (SSSR count). The molecule has 0 N–H and O–H groups in total. The van der Waals surface area contributed by atoms with Crippen LogP contribution in [0.1, 0.15) is 58.3 Å². The van der Waals surface area contributed by atoms with Gasteiger partial charge in [-0.15, -0.1) is 0 Å². The van der Waals surface area contributed by atoms with E-state index in [2.05, 4.69) is 6.92 Å². The first-order valence-corrected chi connectivity index (χ1v) is 7.71. The Morgan fingerprint density at radius 2 is 1.94 bits per heavy atom. The summed E-state index contributed by atoms with van der Waals surface area (Å²) in [6.07, 6.45) is 9.64. The van der Waals surface area contributed by atoms with Gasteiger partial charge in [0.1, 0.15) is 0 Å². The van der Waals surface area contributed by atoms with Gasteiger partial charge in [0.15, 0.2) is 0 Å². The standard InChI is InChI=1S/C12H22O3S/c1-2-3-4-8-11-16(13,14)15-12-9-6-5-7-10-12/h8,11-12H,2-7,9-10H2,1H3/b11-8+. The summed E-state index contributed by atoms with van der Waals surface area (Å²) in [4.78, 5) is 0. The highest BCUT2D eigenvalue weighted by molar-refractivity contribution is 7.89. The van der Waals surface area contributed by atoms with Crippen molar-refractivity contribution in [2.45, 2.75) is 64.4 Å². The summed E-state index contributed by atoms with van der Waals surface area (Å²) in [5.74, 6) is 0. The monoisotopic (exact) mass is 246 g/mol. The van der Waals surface area contributed by atoms with Crippen LogP contribution in [0.5, 0.6) is 0 Å². The highest BCUT2D eigenvalue weighted by Gasteiger charge is 2.19. The molecule has 16 heavy (non-hydrogen) atoms. The van der Waals surface area contributed by atoms with Crippen LogP contribution in [0, 0.1) is 0 Å². The van der Waals surface area contributed by atoms with Gasteiger partial charge < -0.3 is 0 Å². The molecule has 0 atom stereocenters. The second-order valence-electron chi connectivity index (χ2n) is 4.36. The zero-order chi connectivity index (χ0) is 11.9. The zero-order valence-electron chi connectivity index (χ0n) is 10.0. The number of unbranched alkanes of at least 4 members (excludes halogenated alkanes) is 2. The highest BCUT2D eigenvalue weighted by atomic mass is 32.2. The van der Waals surface area contributed by atoms with Gasteiger partial charge >= 0.3 is 0 Å². The van der Waals surface area contributed by atoms with Crippen molar-refractivity contribution in [2.24, 2.45) is 0 Å². The molecule has 1 aliphatic carbocycles. The van der Waals surface area contributed by atoms with Crippen LogP contribution in [0.25, 0.3) is 0 Å². The molecule has 1 saturated carbocycles. The van der Waals surface area contributed by atoms with E-state index in [0.717, 1.165) is 44.9 Å². The van der Waals surface area contributed by atoms with Crippen LogP contribution < -0.4 is 0 Å². The van der Waals surface area contributed by atoms with Crippen LogP contribution in [0.3, 0.4) is 0 Å². The number of hydrogen-bond acceptors (Lipinski definition) is 3. The van der Waals surface area contributed by atoms with Crippen LogP contribution >= 0.6 is 0 Å². The van der Waals surface area contributed by atoms with Gasteiger partial charge in [-0.25, -0.2) is 0 Å². The molecular weight excluding hydrogens is 224 g/mol. The molecule has 4 heteroatoms. The molecular formula is C12H22O3S. The Morgan fingerprint density at radius 1 is 1.25 bits per heavy atom. The fourth-order valence-electron chi connectivity index (χ4n) is 1.89. The van der Waals surface area contributed by atoms with Gasteiger partial charge in [0, 0.05) is 0 Å². The molecule has 0 aromatic carbocycles. The summed E-state index contributed by atoms with van der Waals surface area (Å²) < 4.78 is 28.3. The van der Waals surface area contributed by atoms with Gasteiger partial charge in [0.05, 0.1) is 11.5 Å². The van der Waals surface area contributed by atoms with E-state index in [1.165, 1.54) is 11.8 Å². The molecule has 0 unspecified atom stereocenters. The number of allylic oxidation sites excluding steroid dienone is 1. The van der Waals surface area contributed by atoms with Gasteiger partial charge in [0.2, 0.25) is 0 Å². The minimum atomic E-state index is -3.44. The lowest BCUT2D eigenvalue weighted by Gasteiger charge is -2.20. The van der Waals surface area contributed by atoms with Crippen molar-refractivity contribution in [1.29, 1.82) is 0 Å². The molecule has 0 saturated heterocycles. The van der Waals surface area contributed by atoms with Gasteiger partial charge in [-0.05, 0) is 19.3 Å². The van der Waals surface area contributed by atoms with Crippen molar-refractivity contribution < 1.29 is 12.6 Å². The first-order valence-electron chi connectivity index (χ1n) is 6.24. The molecule has 0 heterocycles. The summed E-state index contributed by atoms with van der Waals surface area (Å²) in [7, 11) is -3.44. The van der Waals surface area contributed by atoms with E-state index in [0.29, 0.717) is 0 Å². The average molecular weight is 246 g/mol. The molecule has 0 aliphatic heterocycles. The first kappa shape index (κ1) is 13.7. The third-order valence-electron chi connectivity index (χ3n) is 2.81. The van der Waals surface area contributed by atoms with Gasteiger partial charge in [0.25, 0.3) is 10.1 Å². The van der Waals surface area contributed by atoms with E-state index >= 15 is 0 Å². The smallest absolute Gasteiger partial charge is 0.263 e. The molecule has 1 aliphatic rings. The molecule has 0 aromatic rings. The van der Waals surface area contributed by atoms with Crippen LogP contribution in [-0.2, 0) is 14.3 Å². The topological polar surface area (TPSA) is 43.4 Å². The third-order valence-corrected chi connectivity index (χ3v) is 3.88. The number of hydrogen-bond donors (Lipinski definition) is 0. The number of rotatable bonds is 6. The lowest BCUT2D eigenvalue weighted by atomic mass is 9.98. The van der Waals surface area contributed by atoms with Gasteiger partial charge in [-0.2, -0.15) is 8.42 Å². The van der Waals surface area contributed by atoms with Crippen LogP contribution in [0.15, 0.2) is 11.5 Å². The maximum atomic E-state index is 11.6. The van der Waals surface area contributed by atoms with Crippen LogP contribution in [0.2, 0.25) is 0 Å². The van der Waals surface area contributed by atoms with E-state index in [1.807, 2.05) is 0 Å². The summed E-state index contributed by atoms with van der Waals surface area (Å²) in [6, 6.07) is 0. The normalized spacial score (nSPS) is 19.3. The van der Waals surface area contributed by atoms with E-state index in [1.54, 1.807) is 6.08 Å². The minimum absolute atomic E-state index is 0.0884. The van der Waals surface area contributed by atoms with Crippen molar-refractivity contribution in [2.75, 3.05) is 0 Å². The maximum Gasteiger partial charge on any atom is 0.290 e. The third kappa shape index (κ3) is 5.66. The van der Waals surface area contributed by atoms with Crippen molar-refractivity contribution >= 4 is 10.1 Å². The first-order chi connectivity index (χ1) is 7.64. The van der Waals surface area contributed by atoms with Crippen molar-refractivity contribution in [3.63, 3.8) is 0 Å². The van der Waals surface area contributed by atoms with E-state index in [9.17, 15) is 8.42 Å². The van der Waals surface area contributed by atoms with E-state index < -0.39 is 10.1 Å². The molecule has 0 radical (unpaired) electrons. The molecule has 0 bridgehead atoms. The quantitative estimate of drug-likeness (QED) is 0.533. The Bertz CT molecular complexity index is 300. The minimum Gasteiger partial charge on any atom is -0.263 e.